The predicted octanol–water partition coefficient (Wildman–Crippen LogP) is 2.58. The Bertz CT molecular complexity index is 411. The number of thiophene rings is 1. The molecule has 5 heteroatoms. The highest BCUT2D eigenvalue weighted by atomic mass is 32.1. The molecule has 0 saturated heterocycles. The molecule has 1 N–H and O–H groups in total. The first-order chi connectivity index (χ1) is 8.45. The Labute approximate surface area is 111 Å². The van der Waals surface area contributed by atoms with Crippen LogP contribution in [0, 0.1) is 11.3 Å². The Morgan fingerprint density at radius 1 is 1.50 bits per heavy atom. The summed E-state index contributed by atoms with van der Waals surface area (Å²) in [7, 11) is 0. The van der Waals surface area contributed by atoms with Gasteiger partial charge in [0.05, 0.1) is 6.61 Å². The summed E-state index contributed by atoms with van der Waals surface area (Å²) in [4.78, 5) is 23.7. The molecule has 1 heterocycles. The van der Waals surface area contributed by atoms with Gasteiger partial charge in [0.25, 0.3) is 0 Å². The van der Waals surface area contributed by atoms with Crippen LogP contribution in [0.5, 0.6) is 0 Å². The lowest BCUT2D eigenvalue weighted by Gasteiger charge is -2.30. The van der Waals surface area contributed by atoms with Crippen LogP contribution >= 0.6 is 11.3 Å². The van der Waals surface area contributed by atoms with E-state index in [9.17, 15) is 14.7 Å². The first-order valence-corrected chi connectivity index (χ1v) is 6.81. The highest BCUT2D eigenvalue weighted by molar-refractivity contribution is 7.07. The van der Waals surface area contributed by atoms with Crippen molar-refractivity contribution < 1.29 is 19.4 Å². The molecule has 0 aliphatic rings. The Balaban J connectivity index is 3.13. The molecule has 0 aromatic carbocycles. The van der Waals surface area contributed by atoms with Crippen molar-refractivity contribution >= 4 is 23.3 Å². The molecule has 0 bridgehead atoms. The second-order valence-electron chi connectivity index (χ2n) is 4.46. The summed E-state index contributed by atoms with van der Waals surface area (Å²) in [5.41, 5.74) is -0.652. The van der Waals surface area contributed by atoms with Crippen molar-refractivity contribution in [1.82, 2.24) is 0 Å². The number of carboxylic acids is 1. The monoisotopic (exact) mass is 270 g/mol. The van der Waals surface area contributed by atoms with Crippen LogP contribution in [0.15, 0.2) is 16.8 Å². The summed E-state index contributed by atoms with van der Waals surface area (Å²) in [5.74, 6) is -2.12. The average molecular weight is 270 g/mol. The molecule has 0 amide bonds. The Kier molecular flexibility index (Phi) is 4.90. The minimum absolute atomic E-state index is 0.169. The van der Waals surface area contributed by atoms with Crippen LogP contribution in [-0.2, 0) is 20.7 Å². The molecule has 0 aliphatic carbocycles. The largest absolute Gasteiger partial charge is 0.480 e. The van der Waals surface area contributed by atoms with Crippen LogP contribution < -0.4 is 0 Å². The Morgan fingerprint density at radius 3 is 2.56 bits per heavy atom. The fourth-order valence-electron chi connectivity index (χ4n) is 1.90. The molecule has 1 atom stereocenters. The zero-order valence-electron chi connectivity index (χ0n) is 10.8. The molecular formula is C13H18O4S. The van der Waals surface area contributed by atoms with Crippen LogP contribution in [0.25, 0.3) is 0 Å². The molecule has 1 unspecified atom stereocenters. The van der Waals surface area contributed by atoms with E-state index >= 15 is 0 Å². The van der Waals surface area contributed by atoms with E-state index in [1.165, 1.54) is 11.3 Å². The van der Waals surface area contributed by atoms with E-state index in [1.807, 2.05) is 16.8 Å². The summed E-state index contributed by atoms with van der Waals surface area (Å²) in [6.45, 7) is 5.33. The van der Waals surface area contributed by atoms with E-state index in [-0.39, 0.29) is 18.9 Å². The molecule has 0 fully saturated rings. The average Bonchev–Trinajstić information content (AvgIpc) is 2.77. The highest BCUT2D eigenvalue weighted by Crippen LogP contribution is 2.34. The quantitative estimate of drug-likeness (QED) is 0.637. The topological polar surface area (TPSA) is 63.6 Å². The smallest absolute Gasteiger partial charge is 0.324 e. The van der Waals surface area contributed by atoms with Crippen molar-refractivity contribution in [2.24, 2.45) is 11.3 Å². The number of carbonyl (C=O) groups is 2. The van der Waals surface area contributed by atoms with Gasteiger partial charge < -0.3 is 9.84 Å². The van der Waals surface area contributed by atoms with Gasteiger partial charge in [0.15, 0.2) is 5.41 Å². The van der Waals surface area contributed by atoms with Crippen LogP contribution in [0.4, 0.5) is 0 Å². The van der Waals surface area contributed by atoms with Crippen LogP contribution in [-0.4, -0.2) is 23.7 Å². The van der Waals surface area contributed by atoms with Crippen molar-refractivity contribution in [1.29, 1.82) is 0 Å². The molecule has 4 nitrogen and oxygen atoms in total. The lowest BCUT2D eigenvalue weighted by Crippen LogP contribution is -2.46. The van der Waals surface area contributed by atoms with E-state index in [1.54, 1.807) is 20.8 Å². The summed E-state index contributed by atoms with van der Waals surface area (Å²) >= 11 is 1.48. The maximum atomic E-state index is 12.1. The van der Waals surface area contributed by atoms with Gasteiger partial charge in [0, 0.05) is 6.42 Å². The van der Waals surface area contributed by atoms with Gasteiger partial charge in [-0.05, 0) is 35.2 Å². The molecule has 1 rings (SSSR count). The number of hydrogen-bond acceptors (Lipinski definition) is 4. The fraction of sp³-hybridized carbons (Fsp3) is 0.538. The first kappa shape index (κ1) is 14.7. The molecule has 100 valence electrons. The van der Waals surface area contributed by atoms with Crippen LogP contribution in [0.3, 0.4) is 0 Å². The van der Waals surface area contributed by atoms with Gasteiger partial charge in [0.2, 0.25) is 0 Å². The molecule has 0 aliphatic heterocycles. The van der Waals surface area contributed by atoms with Crippen molar-refractivity contribution in [3.8, 4) is 0 Å². The molecule has 1 aromatic rings. The van der Waals surface area contributed by atoms with Crippen molar-refractivity contribution in [3.05, 3.63) is 22.4 Å². The summed E-state index contributed by atoms with van der Waals surface area (Å²) in [6, 6.07) is 1.84. The van der Waals surface area contributed by atoms with Crippen molar-refractivity contribution in [2.45, 2.75) is 27.2 Å². The molecule has 0 radical (unpaired) electrons. The molecule has 0 saturated carbocycles. The SMILES string of the molecule is CCOC(=O)C(Cc1ccsc1)(C(=O)O)C(C)C. The normalized spacial score (nSPS) is 14.2. The molecular weight excluding hydrogens is 252 g/mol. The molecule has 18 heavy (non-hydrogen) atoms. The zero-order valence-corrected chi connectivity index (χ0v) is 11.6. The third-order valence-electron chi connectivity index (χ3n) is 3.07. The number of hydrogen-bond donors (Lipinski definition) is 1. The van der Waals surface area contributed by atoms with E-state index in [0.717, 1.165) is 5.56 Å². The Morgan fingerprint density at radius 2 is 2.17 bits per heavy atom. The summed E-state index contributed by atoms with van der Waals surface area (Å²) in [6.07, 6.45) is 0.169. The molecule has 0 spiro atoms. The summed E-state index contributed by atoms with van der Waals surface area (Å²) in [5, 5.41) is 13.2. The van der Waals surface area contributed by atoms with E-state index in [0.29, 0.717) is 0 Å². The Hall–Kier alpha value is -1.36. The van der Waals surface area contributed by atoms with Crippen LogP contribution in [0.2, 0.25) is 0 Å². The van der Waals surface area contributed by atoms with Crippen molar-refractivity contribution in [2.75, 3.05) is 6.61 Å². The lowest BCUT2D eigenvalue weighted by atomic mass is 9.73. The number of carbonyl (C=O) groups excluding carboxylic acids is 1. The molecule has 1 aromatic heterocycles. The van der Waals surface area contributed by atoms with Gasteiger partial charge in [0.1, 0.15) is 0 Å². The zero-order chi connectivity index (χ0) is 13.8. The third kappa shape index (κ3) is 2.72. The minimum atomic E-state index is -1.50. The summed E-state index contributed by atoms with van der Waals surface area (Å²) < 4.78 is 4.96. The lowest BCUT2D eigenvalue weighted by molar-refractivity contribution is -0.172. The van der Waals surface area contributed by atoms with E-state index in [2.05, 4.69) is 0 Å². The maximum Gasteiger partial charge on any atom is 0.324 e. The highest BCUT2D eigenvalue weighted by Gasteiger charge is 2.50. The number of carboxylic acid groups (broad SMARTS) is 1. The van der Waals surface area contributed by atoms with Gasteiger partial charge in [-0.3, -0.25) is 9.59 Å². The van der Waals surface area contributed by atoms with Gasteiger partial charge in [-0.15, -0.1) is 0 Å². The number of esters is 1. The fourth-order valence-corrected chi connectivity index (χ4v) is 2.57. The third-order valence-corrected chi connectivity index (χ3v) is 3.80. The van der Waals surface area contributed by atoms with Crippen LogP contribution in [0.1, 0.15) is 26.3 Å². The maximum absolute atomic E-state index is 12.1. The second-order valence-corrected chi connectivity index (χ2v) is 5.24. The minimum Gasteiger partial charge on any atom is -0.480 e. The standard InChI is InChI=1S/C13H18O4S/c1-4-17-12(16)13(9(2)3,11(14)15)7-10-5-6-18-8-10/h5-6,8-9H,4,7H2,1-3H3,(H,14,15). The van der Waals surface area contributed by atoms with Gasteiger partial charge in [-0.25, -0.2) is 0 Å². The number of rotatable bonds is 6. The van der Waals surface area contributed by atoms with Gasteiger partial charge >= 0.3 is 11.9 Å². The van der Waals surface area contributed by atoms with Crippen molar-refractivity contribution in [3.63, 3.8) is 0 Å². The van der Waals surface area contributed by atoms with E-state index in [4.69, 9.17) is 4.74 Å². The second kappa shape index (κ2) is 6.00. The first-order valence-electron chi connectivity index (χ1n) is 5.86. The predicted molar refractivity (Wildman–Crippen MR) is 69.6 cm³/mol. The van der Waals surface area contributed by atoms with Gasteiger partial charge in [-0.1, -0.05) is 13.8 Å². The number of ether oxygens (including phenoxy) is 1. The number of aliphatic carboxylic acids is 1. The van der Waals surface area contributed by atoms with E-state index < -0.39 is 17.4 Å². The van der Waals surface area contributed by atoms with Gasteiger partial charge in [-0.2, -0.15) is 11.3 Å².